The lowest BCUT2D eigenvalue weighted by Gasteiger charge is -2.36. The average Bonchev–Trinajstić information content (AvgIpc) is 2.50. The minimum absolute atomic E-state index is 0.371. The summed E-state index contributed by atoms with van der Waals surface area (Å²) in [5.74, 6) is -0.170. The largest absolute Gasteiger partial charge is 0.514 e. The highest BCUT2D eigenvalue weighted by molar-refractivity contribution is 5.82. The van der Waals surface area contributed by atoms with Crippen LogP contribution in [0.3, 0.4) is 0 Å². The van der Waals surface area contributed by atoms with Crippen LogP contribution >= 0.6 is 0 Å². The molecule has 1 heterocycles. The Morgan fingerprint density at radius 2 is 1.76 bits per heavy atom. The molecule has 0 aromatic heterocycles. The van der Waals surface area contributed by atoms with Gasteiger partial charge in [-0.3, -0.25) is 0 Å². The van der Waals surface area contributed by atoms with E-state index in [0.717, 1.165) is 0 Å². The van der Waals surface area contributed by atoms with Crippen LogP contribution in [0, 0.1) is 0 Å². The molecule has 1 aliphatic heterocycles. The molecule has 6 heteroatoms. The first-order chi connectivity index (χ1) is 10.1. The SMILES string of the molecule is COC(=O)C1(OC(=O)Oc2ccccc2)CCN(C)CC1. The number of hydrogen-bond acceptors (Lipinski definition) is 6. The molecule has 21 heavy (non-hydrogen) atoms. The van der Waals surface area contributed by atoms with Crippen LogP contribution in [0.5, 0.6) is 5.75 Å². The molecule has 0 amide bonds. The number of esters is 1. The van der Waals surface area contributed by atoms with Gasteiger partial charge in [0.25, 0.3) is 0 Å². The number of carbonyl (C=O) groups is 2. The van der Waals surface area contributed by atoms with Crippen molar-refractivity contribution in [1.29, 1.82) is 0 Å². The summed E-state index contributed by atoms with van der Waals surface area (Å²) in [6, 6.07) is 8.58. The van der Waals surface area contributed by atoms with Gasteiger partial charge in [-0.15, -0.1) is 0 Å². The average molecular weight is 293 g/mol. The monoisotopic (exact) mass is 293 g/mol. The number of carbonyl (C=O) groups excluding carboxylic acids is 2. The van der Waals surface area contributed by atoms with Gasteiger partial charge < -0.3 is 19.1 Å². The second kappa shape index (κ2) is 6.58. The van der Waals surface area contributed by atoms with Crippen LogP contribution in [-0.2, 0) is 14.3 Å². The number of benzene rings is 1. The minimum atomic E-state index is -1.26. The minimum Gasteiger partial charge on any atom is -0.466 e. The summed E-state index contributed by atoms with van der Waals surface area (Å²) in [5, 5.41) is 0. The highest BCUT2D eigenvalue weighted by Crippen LogP contribution is 2.28. The third-order valence-corrected chi connectivity index (χ3v) is 3.58. The molecule has 0 unspecified atom stereocenters. The number of para-hydroxylation sites is 1. The van der Waals surface area contributed by atoms with Crippen LogP contribution in [0.15, 0.2) is 30.3 Å². The van der Waals surface area contributed by atoms with Crippen molar-refractivity contribution in [2.24, 2.45) is 0 Å². The topological polar surface area (TPSA) is 65.1 Å². The maximum absolute atomic E-state index is 12.0. The highest BCUT2D eigenvalue weighted by Gasteiger charge is 2.46. The van der Waals surface area contributed by atoms with Crippen molar-refractivity contribution in [2.75, 3.05) is 27.2 Å². The summed E-state index contributed by atoms with van der Waals surface area (Å²) in [5.41, 5.74) is -1.26. The predicted molar refractivity (Wildman–Crippen MR) is 75.0 cm³/mol. The lowest BCUT2D eigenvalue weighted by Crippen LogP contribution is -2.52. The second-order valence-corrected chi connectivity index (χ2v) is 5.06. The summed E-state index contributed by atoms with van der Waals surface area (Å²) < 4.78 is 15.2. The van der Waals surface area contributed by atoms with Crippen molar-refractivity contribution in [3.05, 3.63) is 30.3 Å². The van der Waals surface area contributed by atoms with Crippen molar-refractivity contribution in [1.82, 2.24) is 4.90 Å². The normalized spacial score (nSPS) is 17.8. The quantitative estimate of drug-likeness (QED) is 0.626. The van der Waals surface area contributed by atoms with Crippen LogP contribution in [0.4, 0.5) is 4.79 Å². The molecule has 1 aromatic rings. The van der Waals surface area contributed by atoms with E-state index in [1.54, 1.807) is 24.3 Å². The Bertz CT molecular complexity index is 494. The Morgan fingerprint density at radius 3 is 2.33 bits per heavy atom. The number of piperidine rings is 1. The molecular formula is C15H19NO5. The molecule has 1 saturated heterocycles. The number of nitrogens with zero attached hydrogens (tertiary/aromatic N) is 1. The first-order valence-corrected chi connectivity index (χ1v) is 6.78. The first kappa shape index (κ1) is 15.3. The van der Waals surface area contributed by atoms with Gasteiger partial charge in [-0.05, 0) is 19.2 Å². The smallest absolute Gasteiger partial charge is 0.466 e. The standard InChI is InChI=1S/C15H19NO5/c1-16-10-8-15(9-11-16,13(17)19-2)21-14(18)20-12-6-4-3-5-7-12/h3-7H,8-11H2,1-2H3. The van der Waals surface area contributed by atoms with Crippen molar-refractivity contribution in [3.63, 3.8) is 0 Å². The van der Waals surface area contributed by atoms with Crippen LogP contribution < -0.4 is 4.74 Å². The molecule has 6 nitrogen and oxygen atoms in total. The number of ether oxygens (including phenoxy) is 3. The Balaban J connectivity index is 2.05. The van der Waals surface area contributed by atoms with Crippen LogP contribution in [0.2, 0.25) is 0 Å². The molecule has 0 bridgehead atoms. The molecule has 0 radical (unpaired) electrons. The lowest BCUT2D eigenvalue weighted by atomic mass is 9.91. The zero-order valence-electron chi connectivity index (χ0n) is 12.2. The predicted octanol–water partition coefficient (Wildman–Crippen LogP) is 1.84. The first-order valence-electron chi connectivity index (χ1n) is 6.78. The molecule has 0 spiro atoms. The van der Waals surface area contributed by atoms with Gasteiger partial charge in [0, 0.05) is 25.9 Å². The van der Waals surface area contributed by atoms with Crippen molar-refractivity contribution >= 4 is 12.1 Å². The number of methoxy groups -OCH3 is 1. The maximum atomic E-state index is 12.0. The van der Waals surface area contributed by atoms with Crippen molar-refractivity contribution < 1.29 is 23.8 Å². The summed E-state index contributed by atoms with van der Waals surface area (Å²) in [6.45, 7) is 1.29. The molecule has 0 atom stereocenters. The van der Waals surface area contributed by atoms with Gasteiger partial charge in [-0.2, -0.15) is 0 Å². The highest BCUT2D eigenvalue weighted by atomic mass is 16.7. The van der Waals surface area contributed by atoms with Gasteiger partial charge in [0.05, 0.1) is 7.11 Å². The molecule has 1 fully saturated rings. The van der Waals surface area contributed by atoms with E-state index in [0.29, 0.717) is 31.7 Å². The van der Waals surface area contributed by atoms with E-state index in [4.69, 9.17) is 14.2 Å². The van der Waals surface area contributed by atoms with E-state index in [1.807, 2.05) is 13.1 Å². The van der Waals surface area contributed by atoms with Crippen LogP contribution in [0.25, 0.3) is 0 Å². The second-order valence-electron chi connectivity index (χ2n) is 5.06. The van der Waals surface area contributed by atoms with Gasteiger partial charge in [-0.1, -0.05) is 18.2 Å². The number of rotatable bonds is 3. The Hall–Kier alpha value is -2.08. The van der Waals surface area contributed by atoms with E-state index >= 15 is 0 Å². The van der Waals surface area contributed by atoms with Gasteiger partial charge in [0.1, 0.15) is 5.75 Å². The molecule has 1 aliphatic rings. The molecule has 0 N–H and O–H groups in total. The van der Waals surface area contributed by atoms with Gasteiger partial charge >= 0.3 is 12.1 Å². The fourth-order valence-electron chi connectivity index (χ4n) is 2.28. The van der Waals surface area contributed by atoms with E-state index in [-0.39, 0.29) is 0 Å². The summed E-state index contributed by atoms with van der Waals surface area (Å²) in [7, 11) is 3.23. The molecule has 2 rings (SSSR count). The van der Waals surface area contributed by atoms with Crippen molar-refractivity contribution in [3.8, 4) is 5.75 Å². The van der Waals surface area contributed by atoms with E-state index < -0.39 is 17.7 Å². The Labute approximate surface area is 123 Å². The van der Waals surface area contributed by atoms with Gasteiger partial charge in [0.15, 0.2) is 0 Å². The Kier molecular flexibility index (Phi) is 4.80. The van der Waals surface area contributed by atoms with Crippen LogP contribution in [-0.4, -0.2) is 49.9 Å². The molecule has 0 aliphatic carbocycles. The lowest BCUT2D eigenvalue weighted by molar-refractivity contribution is -0.169. The fourth-order valence-corrected chi connectivity index (χ4v) is 2.28. The van der Waals surface area contributed by atoms with Crippen molar-refractivity contribution in [2.45, 2.75) is 18.4 Å². The zero-order valence-corrected chi connectivity index (χ0v) is 12.2. The van der Waals surface area contributed by atoms with E-state index in [9.17, 15) is 9.59 Å². The molecule has 0 saturated carbocycles. The fraction of sp³-hybridized carbons (Fsp3) is 0.467. The molecule has 114 valence electrons. The molecular weight excluding hydrogens is 274 g/mol. The van der Waals surface area contributed by atoms with E-state index in [2.05, 4.69) is 4.90 Å². The maximum Gasteiger partial charge on any atom is 0.514 e. The van der Waals surface area contributed by atoms with Gasteiger partial charge in [0.2, 0.25) is 5.60 Å². The third-order valence-electron chi connectivity index (χ3n) is 3.58. The van der Waals surface area contributed by atoms with Gasteiger partial charge in [-0.25, -0.2) is 9.59 Å². The summed E-state index contributed by atoms with van der Waals surface area (Å²) >= 11 is 0. The number of hydrogen-bond donors (Lipinski definition) is 0. The summed E-state index contributed by atoms with van der Waals surface area (Å²) in [4.78, 5) is 26.0. The number of likely N-dealkylation sites (tertiary alicyclic amines) is 1. The summed E-state index contributed by atoms with van der Waals surface area (Å²) in [6.07, 6.45) is -0.115. The van der Waals surface area contributed by atoms with E-state index in [1.165, 1.54) is 7.11 Å². The van der Waals surface area contributed by atoms with Crippen LogP contribution in [0.1, 0.15) is 12.8 Å². The Morgan fingerprint density at radius 1 is 1.14 bits per heavy atom. The molecule has 1 aromatic carbocycles. The zero-order chi connectivity index (χ0) is 15.3. The third kappa shape index (κ3) is 3.72.